The number of H-pyrrole nitrogens is 1. The number of methoxy groups -OCH3 is 1. The molecule has 2 atom stereocenters. The third-order valence-corrected chi connectivity index (χ3v) is 6.18. The van der Waals surface area contributed by atoms with E-state index in [-0.39, 0.29) is 17.5 Å². The Labute approximate surface area is 200 Å². The summed E-state index contributed by atoms with van der Waals surface area (Å²) in [4.78, 5) is 26.4. The van der Waals surface area contributed by atoms with E-state index in [0.717, 1.165) is 5.39 Å². The lowest BCUT2D eigenvalue weighted by Crippen LogP contribution is -2.61. The number of amides is 1. The molecule has 0 aliphatic carbocycles. The van der Waals surface area contributed by atoms with E-state index in [9.17, 15) is 9.90 Å². The minimum absolute atomic E-state index is 0.0298. The predicted molar refractivity (Wildman–Crippen MR) is 128 cm³/mol. The van der Waals surface area contributed by atoms with Crippen LogP contribution in [0, 0.1) is 0 Å². The van der Waals surface area contributed by atoms with Gasteiger partial charge in [-0.1, -0.05) is 17.7 Å². The van der Waals surface area contributed by atoms with Crippen LogP contribution in [0.15, 0.2) is 61.1 Å². The maximum atomic E-state index is 13.2. The summed E-state index contributed by atoms with van der Waals surface area (Å²) >= 11 is 6.60. The molecular weight excluding hydrogens is 458 g/mol. The van der Waals surface area contributed by atoms with Crippen molar-refractivity contribution in [2.75, 3.05) is 23.9 Å². The molecule has 2 unspecified atom stereocenters. The predicted octanol–water partition coefficient (Wildman–Crippen LogP) is 4.26. The van der Waals surface area contributed by atoms with Crippen LogP contribution in [0.4, 0.5) is 11.4 Å². The highest BCUT2D eigenvalue weighted by atomic mass is 35.5. The molecule has 9 nitrogen and oxygen atoms in total. The fourth-order valence-electron chi connectivity index (χ4n) is 4.21. The van der Waals surface area contributed by atoms with E-state index in [2.05, 4.69) is 20.3 Å². The molecule has 4 aromatic rings. The van der Waals surface area contributed by atoms with Crippen LogP contribution < -0.4 is 15.0 Å². The quantitative estimate of drug-likeness (QED) is 0.378. The lowest BCUT2D eigenvalue weighted by molar-refractivity contribution is -0.124. The number of hydrogen-bond donors (Lipinski definition) is 3. The van der Waals surface area contributed by atoms with Crippen molar-refractivity contribution in [3.63, 3.8) is 0 Å². The number of nitrogens with one attached hydrogen (secondary N) is 2. The highest BCUT2D eigenvalue weighted by Gasteiger charge is 2.48. The zero-order valence-electron chi connectivity index (χ0n) is 18.4. The summed E-state index contributed by atoms with van der Waals surface area (Å²) in [7, 11) is 1.51. The molecule has 0 bridgehead atoms. The molecule has 1 amide bonds. The molecule has 10 heteroatoms. The number of ether oxygens (including phenoxy) is 2. The van der Waals surface area contributed by atoms with E-state index in [1.807, 2.05) is 12.1 Å². The molecule has 5 rings (SSSR count). The maximum Gasteiger partial charge on any atom is 0.252 e. The van der Waals surface area contributed by atoms with Crippen molar-refractivity contribution in [1.82, 2.24) is 15.0 Å². The summed E-state index contributed by atoms with van der Waals surface area (Å²) in [5.74, 6) is 0.556. The van der Waals surface area contributed by atoms with Crippen molar-refractivity contribution < 1.29 is 19.4 Å². The number of aliphatic hydroxyl groups is 1. The molecule has 4 heterocycles. The minimum atomic E-state index is -1.28. The first-order valence-electron chi connectivity index (χ1n) is 10.5. The Kier molecular flexibility index (Phi) is 5.60. The zero-order chi connectivity index (χ0) is 23.9. The van der Waals surface area contributed by atoms with Crippen LogP contribution in [0.3, 0.4) is 0 Å². The molecule has 0 saturated carbocycles. The van der Waals surface area contributed by atoms with Crippen molar-refractivity contribution in [1.29, 1.82) is 0 Å². The number of aliphatic hydroxyl groups excluding tert-OH is 1. The zero-order valence-corrected chi connectivity index (χ0v) is 19.2. The van der Waals surface area contributed by atoms with Crippen molar-refractivity contribution in [3.8, 4) is 11.6 Å². The molecule has 34 heavy (non-hydrogen) atoms. The fourth-order valence-corrected chi connectivity index (χ4v) is 4.48. The second kappa shape index (κ2) is 8.60. The third kappa shape index (κ3) is 3.63. The van der Waals surface area contributed by atoms with E-state index >= 15 is 0 Å². The Hall–Kier alpha value is -3.66. The average Bonchev–Trinajstić information content (AvgIpc) is 3.30. The third-order valence-electron chi connectivity index (χ3n) is 5.85. The van der Waals surface area contributed by atoms with Crippen molar-refractivity contribution in [3.05, 3.63) is 71.6 Å². The molecule has 1 aromatic carbocycles. The minimum Gasteiger partial charge on any atom is -0.439 e. The van der Waals surface area contributed by atoms with Crippen LogP contribution in [0.2, 0.25) is 5.02 Å². The SMILES string of the molecule is COCC1(C)C(=O)Nc2cnc3[nH]ccc3c2N1C(O)c1ccc(Oc2ccccn2)cc1Cl. The maximum absolute atomic E-state index is 13.2. The number of nitrogens with zero attached hydrogens (tertiary/aromatic N) is 3. The largest absolute Gasteiger partial charge is 0.439 e. The molecule has 3 N–H and O–H groups in total. The first-order chi connectivity index (χ1) is 16.4. The molecule has 1 aliphatic heterocycles. The molecule has 1 aliphatic rings. The Balaban J connectivity index is 1.59. The number of carbonyl (C=O) groups excluding carboxylic acids is 1. The van der Waals surface area contributed by atoms with Crippen LogP contribution in [-0.4, -0.2) is 45.2 Å². The van der Waals surface area contributed by atoms with Gasteiger partial charge in [-0.2, -0.15) is 0 Å². The molecular formula is C24H22ClN5O4. The molecule has 174 valence electrons. The second-order valence-electron chi connectivity index (χ2n) is 8.12. The lowest BCUT2D eigenvalue weighted by atomic mass is 9.92. The van der Waals surface area contributed by atoms with Gasteiger partial charge in [-0.05, 0) is 37.3 Å². The summed E-state index contributed by atoms with van der Waals surface area (Å²) in [6.07, 6.45) is 3.66. The summed E-state index contributed by atoms with van der Waals surface area (Å²) in [5.41, 5.74) is 0.883. The number of rotatable bonds is 6. The van der Waals surface area contributed by atoms with Crippen LogP contribution in [0.25, 0.3) is 11.0 Å². The van der Waals surface area contributed by atoms with Crippen LogP contribution in [0.1, 0.15) is 18.7 Å². The van der Waals surface area contributed by atoms with E-state index in [1.165, 1.54) is 7.11 Å². The van der Waals surface area contributed by atoms with Gasteiger partial charge in [-0.15, -0.1) is 0 Å². The smallest absolute Gasteiger partial charge is 0.252 e. The van der Waals surface area contributed by atoms with Gasteiger partial charge in [0.25, 0.3) is 5.91 Å². The second-order valence-corrected chi connectivity index (χ2v) is 8.53. The van der Waals surface area contributed by atoms with E-state index in [0.29, 0.717) is 34.2 Å². The molecule has 0 saturated heterocycles. The van der Waals surface area contributed by atoms with Gasteiger partial charge in [0, 0.05) is 36.5 Å². The molecule has 0 fully saturated rings. The number of hydrogen-bond acceptors (Lipinski definition) is 7. The van der Waals surface area contributed by atoms with Gasteiger partial charge < -0.3 is 29.8 Å². The summed E-state index contributed by atoms with van der Waals surface area (Å²) in [6.45, 7) is 1.74. The Morgan fingerprint density at radius 3 is 2.82 bits per heavy atom. The van der Waals surface area contributed by atoms with Gasteiger partial charge >= 0.3 is 0 Å². The monoisotopic (exact) mass is 479 g/mol. The highest BCUT2D eigenvalue weighted by Crippen LogP contribution is 2.46. The number of aromatic nitrogens is 3. The first-order valence-corrected chi connectivity index (χ1v) is 10.9. The number of fused-ring (bicyclic) bond motifs is 3. The first kappa shape index (κ1) is 22.1. The Morgan fingerprint density at radius 2 is 2.09 bits per heavy atom. The summed E-state index contributed by atoms with van der Waals surface area (Å²) < 4.78 is 11.2. The normalized spacial score (nSPS) is 18.5. The molecule has 3 aromatic heterocycles. The number of carbonyl (C=O) groups is 1. The number of aromatic amines is 1. The Morgan fingerprint density at radius 1 is 1.24 bits per heavy atom. The van der Waals surface area contributed by atoms with Gasteiger partial charge in [-0.3, -0.25) is 4.79 Å². The molecule has 0 spiro atoms. The number of halogens is 1. The number of anilines is 2. The van der Waals surface area contributed by atoms with E-state index < -0.39 is 11.8 Å². The molecule has 0 radical (unpaired) electrons. The average molecular weight is 480 g/mol. The van der Waals surface area contributed by atoms with Crippen molar-refractivity contribution in [2.45, 2.75) is 18.7 Å². The van der Waals surface area contributed by atoms with Gasteiger partial charge in [-0.25, -0.2) is 9.97 Å². The fraction of sp³-hybridized carbons (Fsp3) is 0.208. The van der Waals surface area contributed by atoms with Gasteiger partial charge in [0.15, 0.2) is 6.23 Å². The topological polar surface area (TPSA) is 113 Å². The van der Waals surface area contributed by atoms with Crippen LogP contribution in [-0.2, 0) is 9.53 Å². The summed E-state index contributed by atoms with van der Waals surface area (Å²) in [6, 6.07) is 12.1. The standard InChI is InChI=1S/C24H22ClN5O4/c1-24(13-33-2)23(32)29-18-12-28-21-16(8-10-27-21)20(18)30(24)22(31)15-7-6-14(11-17(15)25)34-19-5-3-4-9-26-19/h3-12,22,31H,13H2,1-2H3,(H,27,28)(H,29,32). The van der Waals surface area contributed by atoms with Crippen LogP contribution >= 0.6 is 11.6 Å². The Bertz CT molecular complexity index is 1360. The number of benzene rings is 1. The van der Waals surface area contributed by atoms with Crippen molar-refractivity contribution >= 4 is 39.9 Å². The number of pyridine rings is 2. The lowest BCUT2D eigenvalue weighted by Gasteiger charge is -2.47. The van der Waals surface area contributed by atoms with Gasteiger partial charge in [0.2, 0.25) is 5.88 Å². The van der Waals surface area contributed by atoms with E-state index in [4.69, 9.17) is 21.1 Å². The van der Waals surface area contributed by atoms with E-state index in [1.54, 1.807) is 60.7 Å². The van der Waals surface area contributed by atoms with Crippen LogP contribution in [0.5, 0.6) is 11.6 Å². The highest BCUT2D eigenvalue weighted by molar-refractivity contribution is 6.31. The van der Waals surface area contributed by atoms with Gasteiger partial charge in [0.1, 0.15) is 16.9 Å². The summed E-state index contributed by atoms with van der Waals surface area (Å²) in [5, 5.41) is 15.6. The van der Waals surface area contributed by atoms with Gasteiger partial charge in [0.05, 0.1) is 29.2 Å². The van der Waals surface area contributed by atoms with Crippen molar-refractivity contribution in [2.24, 2.45) is 0 Å².